The Morgan fingerprint density at radius 3 is 2.04 bits per heavy atom. The Balaban J connectivity index is 1.68. The summed E-state index contributed by atoms with van der Waals surface area (Å²) in [6.07, 6.45) is 0.330. The molecule has 24 heavy (non-hydrogen) atoms. The Morgan fingerprint density at radius 1 is 0.875 bits per heavy atom. The molecule has 0 aromatic heterocycles. The van der Waals surface area contributed by atoms with Gasteiger partial charge in [-0.1, -0.05) is 0 Å². The molecule has 0 saturated carbocycles. The number of nitrogens with zero attached hydrogens (tertiary/aromatic N) is 1. The summed E-state index contributed by atoms with van der Waals surface area (Å²) in [5.41, 5.74) is -0.174. The summed E-state index contributed by atoms with van der Waals surface area (Å²) in [5.74, 6) is 0.946. The van der Waals surface area contributed by atoms with Gasteiger partial charge in [0.2, 0.25) is 0 Å². The zero-order valence-corrected chi connectivity index (χ0v) is 16.5. The fraction of sp³-hybridized carbons (Fsp3) is 1.00. The van der Waals surface area contributed by atoms with Gasteiger partial charge in [0.05, 0.1) is 50.3 Å². The first-order valence-corrected chi connectivity index (χ1v) is 9.34. The van der Waals surface area contributed by atoms with Gasteiger partial charge in [0.15, 0.2) is 0 Å². The number of ether oxygens (including phenoxy) is 4. The van der Waals surface area contributed by atoms with Crippen LogP contribution in [-0.4, -0.2) is 74.9 Å². The number of hydrogen-bond acceptors (Lipinski definition) is 5. The predicted octanol–water partition coefficient (Wildman–Crippen LogP) is 2.58. The standard InChI is InChI=1S/C19H37NO4/c1-18(2,3)23-10-9-21-8-7-20-11-15-13-22-14-16(12-20)17(15)24-19(4,5)6/h15-17H,7-14H2,1-6H3. The second kappa shape index (κ2) is 8.45. The van der Waals surface area contributed by atoms with E-state index >= 15 is 0 Å². The van der Waals surface area contributed by atoms with Crippen LogP contribution in [0.15, 0.2) is 0 Å². The molecule has 0 amide bonds. The minimum Gasteiger partial charge on any atom is -0.381 e. The van der Waals surface area contributed by atoms with E-state index < -0.39 is 0 Å². The van der Waals surface area contributed by atoms with Crippen LogP contribution in [0.1, 0.15) is 41.5 Å². The average molecular weight is 344 g/mol. The lowest BCUT2D eigenvalue weighted by Gasteiger charge is -2.48. The van der Waals surface area contributed by atoms with Gasteiger partial charge in [0.1, 0.15) is 0 Å². The Hall–Kier alpha value is -0.200. The topological polar surface area (TPSA) is 40.2 Å². The average Bonchev–Trinajstić information content (AvgIpc) is 2.40. The van der Waals surface area contributed by atoms with Crippen molar-refractivity contribution in [3.8, 4) is 0 Å². The number of rotatable bonds is 7. The molecular weight excluding hydrogens is 306 g/mol. The van der Waals surface area contributed by atoms with E-state index in [2.05, 4.69) is 46.4 Å². The number of hydrogen-bond donors (Lipinski definition) is 0. The van der Waals surface area contributed by atoms with Crippen molar-refractivity contribution < 1.29 is 18.9 Å². The van der Waals surface area contributed by atoms with Crippen molar-refractivity contribution in [1.29, 1.82) is 0 Å². The van der Waals surface area contributed by atoms with Crippen molar-refractivity contribution in [2.24, 2.45) is 11.8 Å². The Morgan fingerprint density at radius 2 is 1.50 bits per heavy atom. The molecule has 0 spiro atoms. The van der Waals surface area contributed by atoms with Crippen molar-refractivity contribution >= 4 is 0 Å². The third kappa shape index (κ3) is 6.96. The zero-order chi connectivity index (χ0) is 17.8. The minimum absolute atomic E-state index is 0.0865. The third-order valence-corrected chi connectivity index (χ3v) is 4.38. The molecule has 5 nitrogen and oxygen atoms in total. The lowest BCUT2D eigenvalue weighted by Crippen LogP contribution is -2.58. The molecule has 2 atom stereocenters. The molecule has 142 valence electrons. The van der Waals surface area contributed by atoms with E-state index in [-0.39, 0.29) is 11.2 Å². The molecule has 2 heterocycles. The van der Waals surface area contributed by atoms with Gasteiger partial charge in [0.25, 0.3) is 0 Å². The number of likely N-dealkylation sites (tertiary alicyclic amines) is 1. The highest BCUT2D eigenvalue weighted by Crippen LogP contribution is 2.32. The minimum atomic E-state index is -0.0876. The molecule has 0 aromatic carbocycles. The van der Waals surface area contributed by atoms with E-state index in [4.69, 9.17) is 18.9 Å². The SMILES string of the molecule is CC(C)(C)OCCOCCN1CC2COCC(C1)C2OC(C)(C)C. The molecule has 2 aliphatic heterocycles. The maximum absolute atomic E-state index is 6.33. The van der Waals surface area contributed by atoms with Crippen LogP contribution >= 0.6 is 0 Å². The van der Waals surface area contributed by atoms with Crippen molar-refractivity contribution in [3.63, 3.8) is 0 Å². The second-order valence-electron chi connectivity index (χ2n) is 9.09. The Bertz CT molecular complexity index is 361. The fourth-order valence-electron chi connectivity index (χ4n) is 3.48. The van der Waals surface area contributed by atoms with Crippen LogP contribution in [0.2, 0.25) is 0 Å². The molecule has 0 radical (unpaired) electrons. The molecule has 2 rings (SSSR count). The molecule has 2 bridgehead atoms. The molecule has 2 fully saturated rings. The van der Waals surface area contributed by atoms with Crippen molar-refractivity contribution in [2.45, 2.75) is 58.8 Å². The van der Waals surface area contributed by atoms with Crippen LogP contribution in [0.4, 0.5) is 0 Å². The largest absolute Gasteiger partial charge is 0.381 e. The molecule has 0 N–H and O–H groups in total. The van der Waals surface area contributed by atoms with E-state index in [1.165, 1.54) is 0 Å². The molecular formula is C19H37NO4. The smallest absolute Gasteiger partial charge is 0.0707 e. The van der Waals surface area contributed by atoms with Crippen LogP contribution in [0.3, 0.4) is 0 Å². The summed E-state index contributed by atoms with van der Waals surface area (Å²) in [4.78, 5) is 2.50. The van der Waals surface area contributed by atoms with E-state index in [1.54, 1.807) is 0 Å². The van der Waals surface area contributed by atoms with Crippen molar-refractivity contribution in [2.75, 3.05) is 52.7 Å². The summed E-state index contributed by atoms with van der Waals surface area (Å²) in [6.45, 7) is 19.4. The fourth-order valence-corrected chi connectivity index (χ4v) is 3.48. The second-order valence-corrected chi connectivity index (χ2v) is 9.09. The highest BCUT2D eigenvalue weighted by molar-refractivity contribution is 4.91. The Kier molecular flexibility index (Phi) is 7.09. The van der Waals surface area contributed by atoms with E-state index in [0.29, 0.717) is 31.2 Å². The Labute approximate surface area is 148 Å². The van der Waals surface area contributed by atoms with Gasteiger partial charge >= 0.3 is 0 Å². The lowest BCUT2D eigenvalue weighted by molar-refractivity contribution is -0.188. The van der Waals surface area contributed by atoms with Gasteiger partial charge in [-0.3, -0.25) is 0 Å². The maximum atomic E-state index is 6.33. The molecule has 0 aromatic rings. The van der Waals surface area contributed by atoms with Gasteiger partial charge in [0, 0.05) is 31.5 Å². The van der Waals surface area contributed by atoms with Gasteiger partial charge in [-0.05, 0) is 41.5 Å². The van der Waals surface area contributed by atoms with Gasteiger partial charge in [-0.2, -0.15) is 0 Å². The van der Waals surface area contributed by atoms with Crippen molar-refractivity contribution in [3.05, 3.63) is 0 Å². The van der Waals surface area contributed by atoms with Crippen LogP contribution < -0.4 is 0 Å². The van der Waals surface area contributed by atoms with E-state index in [9.17, 15) is 0 Å². The van der Waals surface area contributed by atoms with Gasteiger partial charge in [-0.25, -0.2) is 0 Å². The normalized spacial score (nSPS) is 29.0. The van der Waals surface area contributed by atoms with Crippen LogP contribution in [-0.2, 0) is 18.9 Å². The summed E-state index contributed by atoms with van der Waals surface area (Å²) >= 11 is 0. The molecule has 2 saturated heterocycles. The first-order chi connectivity index (χ1) is 11.1. The zero-order valence-electron chi connectivity index (χ0n) is 16.5. The maximum Gasteiger partial charge on any atom is 0.0707 e. The first kappa shape index (κ1) is 20.1. The number of fused-ring (bicyclic) bond motifs is 2. The first-order valence-electron chi connectivity index (χ1n) is 9.34. The summed E-state index contributed by atoms with van der Waals surface area (Å²) in [6, 6.07) is 0. The molecule has 5 heteroatoms. The quantitative estimate of drug-likeness (QED) is 0.665. The monoisotopic (exact) mass is 343 g/mol. The highest BCUT2D eigenvalue weighted by Gasteiger charge is 2.42. The van der Waals surface area contributed by atoms with E-state index in [1.807, 2.05) is 0 Å². The predicted molar refractivity (Wildman–Crippen MR) is 95.4 cm³/mol. The molecule has 0 aliphatic carbocycles. The van der Waals surface area contributed by atoms with E-state index in [0.717, 1.165) is 39.5 Å². The number of piperidine rings is 1. The van der Waals surface area contributed by atoms with Crippen LogP contribution in [0, 0.1) is 11.8 Å². The summed E-state index contributed by atoms with van der Waals surface area (Å²) in [7, 11) is 0. The van der Waals surface area contributed by atoms with Crippen LogP contribution in [0.5, 0.6) is 0 Å². The summed E-state index contributed by atoms with van der Waals surface area (Å²) in [5, 5.41) is 0. The van der Waals surface area contributed by atoms with Gasteiger partial charge in [-0.15, -0.1) is 0 Å². The molecule has 2 unspecified atom stereocenters. The van der Waals surface area contributed by atoms with Crippen LogP contribution in [0.25, 0.3) is 0 Å². The molecule has 2 aliphatic rings. The third-order valence-electron chi connectivity index (χ3n) is 4.38. The lowest BCUT2D eigenvalue weighted by atomic mass is 9.84. The van der Waals surface area contributed by atoms with Gasteiger partial charge < -0.3 is 23.8 Å². The highest BCUT2D eigenvalue weighted by atomic mass is 16.5. The summed E-state index contributed by atoms with van der Waals surface area (Å²) < 4.78 is 23.5. The van der Waals surface area contributed by atoms with Crippen molar-refractivity contribution in [1.82, 2.24) is 4.90 Å².